The van der Waals surface area contributed by atoms with Crippen molar-refractivity contribution in [1.29, 1.82) is 10.5 Å². The van der Waals surface area contributed by atoms with Crippen LogP contribution in [-0.4, -0.2) is 29.3 Å². The van der Waals surface area contributed by atoms with Crippen molar-refractivity contribution >= 4 is 57.5 Å². The van der Waals surface area contributed by atoms with Crippen molar-refractivity contribution in [2.45, 2.75) is 41.5 Å². The Morgan fingerprint density at radius 3 is 1.60 bits per heavy atom. The first-order valence-corrected chi connectivity index (χ1v) is 16.5. The predicted molar refractivity (Wildman–Crippen MR) is 197 cm³/mol. The fourth-order valence-electron chi connectivity index (χ4n) is 5.93. The molecule has 10 nitrogen and oxygen atoms in total. The van der Waals surface area contributed by atoms with Gasteiger partial charge in [0.2, 0.25) is 11.9 Å². The van der Waals surface area contributed by atoms with Gasteiger partial charge in [-0.25, -0.2) is 29.3 Å². The van der Waals surface area contributed by atoms with Gasteiger partial charge in [-0.2, -0.15) is 10.5 Å². The molecule has 6 aromatic rings. The summed E-state index contributed by atoms with van der Waals surface area (Å²) < 4.78 is 4.72. The molecular weight excluding hydrogens is 735 g/mol. The Morgan fingerprint density at radius 1 is 0.667 bits per heavy atom. The van der Waals surface area contributed by atoms with Crippen LogP contribution < -0.4 is 10.6 Å². The van der Waals surface area contributed by atoms with E-state index in [1.54, 1.807) is 21.7 Å². The van der Waals surface area contributed by atoms with Crippen LogP contribution in [0.4, 0.5) is 23.3 Å². The lowest BCUT2D eigenvalue weighted by Gasteiger charge is -2.15. The SMILES string of the molecule is Cc1cc(Nc2nccc(-c3c(C)c(C#N)n(-n4c(C)c(-c5ccnc(Nc6ccc(C)c(I)c6)n5)c(C)c4C#N)c3C)n2)ccc1Cl. The molecule has 0 fully saturated rings. The molecule has 6 rings (SSSR count). The van der Waals surface area contributed by atoms with E-state index in [1.165, 1.54) is 5.56 Å². The van der Waals surface area contributed by atoms with Crippen molar-refractivity contribution in [3.63, 3.8) is 0 Å². The number of halogens is 2. The molecule has 0 unspecified atom stereocenters. The molecule has 4 heterocycles. The maximum Gasteiger partial charge on any atom is 0.227 e. The zero-order chi connectivity index (χ0) is 34.3. The summed E-state index contributed by atoms with van der Waals surface area (Å²) in [6.45, 7) is 11.6. The van der Waals surface area contributed by atoms with Crippen LogP contribution in [0.5, 0.6) is 0 Å². The van der Waals surface area contributed by atoms with Crippen molar-refractivity contribution in [1.82, 2.24) is 29.3 Å². The van der Waals surface area contributed by atoms with Gasteiger partial charge in [0.15, 0.2) is 0 Å². The minimum absolute atomic E-state index is 0.393. The number of rotatable bonds is 7. The van der Waals surface area contributed by atoms with Gasteiger partial charge in [0.1, 0.15) is 23.5 Å². The molecule has 0 amide bonds. The van der Waals surface area contributed by atoms with Gasteiger partial charge in [-0.15, -0.1) is 0 Å². The van der Waals surface area contributed by atoms with E-state index in [1.807, 2.05) is 83.1 Å². The Hall–Kier alpha value is -5.24. The topological polar surface area (TPSA) is 133 Å². The molecule has 238 valence electrons. The van der Waals surface area contributed by atoms with Crippen molar-refractivity contribution in [3.05, 3.63) is 115 Å². The van der Waals surface area contributed by atoms with Crippen LogP contribution in [0.25, 0.3) is 22.5 Å². The van der Waals surface area contributed by atoms with E-state index >= 15 is 0 Å². The second-order valence-electron chi connectivity index (χ2n) is 11.4. The van der Waals surface area contributed by atoms with Gasteiger partial charge in [0.25, 0.3) is 0 Å². The number of nitriles is 2. The van der Waals surface area contributed by atoms with E-state index in [-0.39, 0.29) is 0 Å². The van der Waals surface area contributed by atoms with Gasteiger partial charge in [0, 0.05) is 54.9 Å². The zero-order valence-corrected chi connectivity index (χ0v) is 30.0. The van der Waals surface area contributed by atoms with Crippen LogP contribution >= 0.6 is 34.2 Å². The molecule has 0 aliphatic rings. The molecule has 2 N–H and O–H groups in total. The van der Waals surface area contributed by atoms with Crippen molar-refractivity contribution in [3.8, 4) is 34.7 Å². The molecule has 0 aliphatic heterocycles. The largest absolute Gasteiger partial charge is 0.324 e. The maximum absolute atomic E-state index is 10.5. The monoisotopic (exact) mass is 764 g/mol. The number of nitrogens with one attached hydrogen (secondary N) is 2. The molecule has 0 radical (unpaired) electrons. The summed E-state index contributed by atoms with van der Waals surface area (Å²) >= 11 is 8.51. The minimum Gasteiger partial charge on any atom is -0.324 e. The number of aromatic nitrogens is 6. The number of anilines is 4. The fourth-order valence-corrected chi connectivity index (χ4v) is 6.56. The Bertz CT molecular complexity index is 2160. The second kappa shape index (κ2) is 13.1. The van der Waals surface area contributed by atoms with Crippen LogP contribution in [0.2, 0.25) is 5.02 Å². The first-order chi connectivity index (χ1) is 23.0. The second-order valence-corrected chi connectivity index (χ2v) is 13.0. The quantitative estimate of drug-likeness (QED) is 0.154. The van der Waals surface area contributed by atoms with Gasteiger partial charge in [-0.1, -0.05) is 17.7 Å². The third-order valence-electron chi connectivity index (χ3n) is 8.32. The first-order valence-electron chi connectivity index (χ1n) is 15.0. The number of aryl methyl sites for hydroxylation is 2. The molecule has 48 heavy (non-hydrogen) atoms. The maximum atomic E-state index is 10.5. The molecule has 0 bridgehead atoms. The van der Waals surface area contributed by atoms with Crippen molar-refractivity contribution in [2.24, 2.45) is 0 Å². The lowest BCUT2D eigenvalue weighted by Crippen LogP contribution is -2.17. The highest BCUT2D eigenvalue weighted by Gasteiger charge is 2.27. The molecule has 0 atom stereocenters. The van der Waals surface area contributed by atoms with E-state index in [4.69, 9.17) is 21.6 Å². The Balaban J connectivity index is 1.44. The lowest BCUT2D eigenvalue weighted by molar-refractivity contribution is 0.613. The normalized spacial score (nSPS) is 10.9. The van der Waals surface area contributed by atoms with E-state index in [2.05, 4.69) is 62.3 Å². The van der Waals surface area contributed by atoms with Crippen molar-refractivity contribution in [2.75, 3.05) is 10.6 Å². The summed E-state index contributed by atoms with van der Waals surface area (Å²) in [6, 6.07) is 20.1. The van der Waals surface area contributed by atoms with E-state index in [0.717, 1.165) is 54.2 Å². The third kappa shape index (κ3) is 5.87. The molecule has 0 saturated carbocycles. The summed E-state index contributed by atoms with van der Waals surface area (Å²) in [5.41, 5.74) is 10.4. The van der Waals surface area contributed by atoms with Crippen LogP contribution in [0, 0.1) is 67.8 Å². The molecular formula is C36H30ClIN10. The summed E-state index contributed by atoms with van der Waals surface area (Å²) in [5, 5.41) is 28.1. The first kappa shape index (κ1) is 32.7. The highest BCUT2D eigenvalue weighted by Crippen LogP contribution is 2.36. The molecule has 12 heteroatoms. The molecule has 4 aromatic heterocycles. The summed E-state index contributed by atoms with van der Waals surface area (Å²) in [6.07, 6.45) is 3.37. The van der Waals surface area contributed by atoms with Crippen LogP contribution in [-0.2, 0) is 0 Å². The van der Waals surface area contributed by atoms with Gasteiger partial charge in [0.05, 0.1) is 11.4 Å². The average molecular weight is 765 g/mol. The predicted octanol–water partition coefficient (Wildman–Crippen LogP) is 8.85. The third-order valence-corrected chi connectivity index (χ3v) is 9.91. The summed E-state index contributed by atoms with van der Waals surface area (Å²) in [7, 11) is 0. The van der Waals surface area contributed by atoms with Gasteiger partial charge >= 0.3 is 0 Å². The Labute approximate surface area is 297 Å². The standard InChI is InChI=1S/C36H30ClIN10/c1-19-7-8-26(16-28(19)38)44-36-42-14-12-30(46-36)34-22(4)32(18-40)48(24(34)6)47-23(5)33(21(3)31(47)17-39)29-11-13-41-35(45-29)43-25-9-10-27(37)20(2)15-25/h7-16H,1-6H3,(H,41,43,45)(H,42,44,46). The highest BCUT2D eigenvalue weighted by atomic mass is 127. The van der Waals surface area contributed by atoms with E-state index in [9.17, 15) is 10.5 Å². The van der Waals surface area contributed by atoms with Gasteiger partial charge in [-0.05, 0) is 129 Å². The minimum atomic E-state index is 0.393. The van der Waals surface area contributed by atoms with E-state index in [0.29, 0.717) is 39.7 Å². The van der Waals surface area contributed by atoms with Crippen LogP contribution in [0.1, 0.15) is 45.0 Å². The fraction of sp³-hybridized carbons (Fsp3) is 0.167. The Morgan fingerprint density at radius 2 is 1.15 bits per heavy atom. The molecule has 0 aliphatic carbocycles. The average Bonchev–Trinajstić information content (AvgIpc) is 3.46. The number of nitrogens with zero attached hydrogens (tertiary/aromatic N) is 8. The number of hydrogen-bond donors (Lipinski definition) is 2. The van der Waals surface area contributed by atoms with E-state index < -0.39 is 0 Å². The molecule has 2 aromatic carbocycles. The highest BCUT2D eigenvalue weighted by molar-refractivity contribution is 14.1. The van der Waals surface area contributed by atoms with Gasteiger partial charge in [-0.3, -0.25) is 0 Å². The zero-order valence-electron chi connectivity index (χ0n) is 27.1. The van der Waals surface area contributed by atoms with Crippen LogP contribution in [0.15, 0.2) is 60.9 Å². The van der Waals surface area contributed by atoms with Crippen molar-refractivity contribution < 1.29 is 0 Å². The van der Waals surface area contributed by atoms with Gasteiger partial charge < -0.3 is 10.6 Å². The smallest absolute Gasteiger partial charge is 0.227 e. The van der Waals surface area contributed by atoms with Crippen LogP contribution in [0.3, 0.4) is 0 Å². The molecule has 0 spiro atoms. The summed E-state index contributed by atoms with van der Waals surface area (Å²) in [4.78, 5) is 18.5. The number of benzene rings is 2. The Kier molecular flexibility index (Phi) is 8.93. The lowest BCUT2D eigenvalue weighted by atomic mass is 10.1. The molecule has 0 saturated heterocycles. The number of hydrogen-bond acceptors (Lipinski definition) is 8. The summed E-state index contributed by atoms with van der Waals surface area (Å²) in [5.74, 6) is 0.841.